The minimum absolute atomic E-state index is 0.164. The van der Waals surface area contributed by atoms with Crippen LogP contribution in [-0.4, -0.2) is 27.3 Å². The van der Waals surface area contributed by atoms with E-state index in [2.05, 4.69) is 29.0 Å². The van der Waals surface area contributed by atoms with Crippen LogP contribution in [-0.2, 0) is 6.42 Å². The summed E-state index contributed by atoms with van der Waals surface area (Å²) in [5, 5.41) is 0. The number of carbonyl (C=O) groups excluding carboxylic acids is 1. The number of nitrogens with zero attached hydrogens (tertiary/aromatic N) is 4. The lowest BCUT2D eigenvalue weighted by molar-refractivity contribution is 0.0989. The summed E-state index contributed by atoms with van der Waals surface area (Å²) < 4.78 is 1.79. The molecule has 1 aromatic carbocycles. The molecule has 2 heterocycles. The van der Waals surface area contributed by atoms with Crippen LogP contribution < -0.4 is 4.90 Å². The molecule has 0 saturated heterocycles. The van der Waals surface area contributed by atoms with Gasteiger partial charge in [0.25, 0.3) is 5.91 Å². The van der Waals surface area contributed by atoms with Gasteiger partial charge in [-0.25, -0.2) is 9.97 Å². The predicted molar refractivity (Wildman–Crippen MR) is 90.8 cm³/mol. The normalized spacial score (nSPS) is 10.9. The van der Waals surface area contributed by atoms with Crippen molar-refractivity contribution in [2.45, 2.75) is 26.2 Å². The van der Waals surface area contributed by atoms with E-state index in [4.69, 9.17) is 0 Å². The maximum Gasteiger partial charge on any atom is 0.280 e. The van der Waals surface area contributed by atoms with E-state index >= 15 is 0 Å². The molecule has 0 N–H and O–H groups in total. The van der Waals surface area contributed by atoms with Crippen LogP contribution in [0.25, 0.3) is 5.65 Å². The fourth-order valence-corrected chi connectivity index (χ4v) is 2.55. The van der Waals surface area contributed by atoms with Crippen molar-refractivity contribution in [3.8, 4) is 0 Å². The van der Waals surface area contributed by atoms with Gasteiger partial charge in [-0.15, -0.1) is 0 Å². The number of benzene rings is 1. The molecule has 5 nitrogen and oxygen atoms in total. The fraction of sp³-hybridized carbons (Fsp3) is 0.278. The van der Waals surface area contributed by atoms with Gasteiger partial charge in [-0.3, -0.25) is 4.79 Å². The lowest BCUT2D eigenvalue weighted by atomic mass is 10.1. The van der Waals surface area contributed by atoms with Crippen molar-refractivity contribution >= 4 is 17.2 Å². The highest BCUT2D eigenvalue weighted by Crippen LogP contribution is 2.18. The number of carbonyl (C=O) groups is 1. The second kappa shape index (κ2) is 6.60. The maximum atomic E-state index is 12.7. The molecule has 23 heavy (non-hydrogen) atoms. The molecular weight excluding hydrogens is 288 g/mol. The summed E-state index contributed by atoms with van der Waals surface area (Å²) in [6, 6.07) is 8.12. The van der Waals surface area contributed by atoms with Gasteiger partial charge in [-0.2, -0.15) is 0 Å². The van der Waals surface area contributed by atoms with Gasteiger partial charge in [0, 0.05) is 37.5 Å². The number of imidazole rings is 1. The Hall–Kier alpha value is -2.69. The molecule has 0 unspecified atom stereocenters. The summed E-state index contributed by atoms with van der Waals surface area (Å²) >= 11 is 0. The lowest BCUT2D eigenvalue weighted by Crippen LogP contribution is -2.27. The first-order chi connectivity index (χ1) is 11.2. The molecule has 0 atom stereocenters. The Bertz CT molecular complexity index is 807. The summed E-state index contributed by atoms with van der Waals surface area (Å²) in [7, 11) is 1.76. The van der Waals surface area contributed by atoms with Crippen molar-refractivity contribution in [3.05, 3.63) is 60.3 Å². The standard InChI is InChI=1S/C18H20N4O/c1-3-4-5-14-6-8-15(9-7-14)21(2)18(23)16-17-20-11-13-22(17)12-10-19-16/h6-13H,3-5H2,1-2H3. The zero-order valence-electron chi connectivity index (χ0n) is 13.4. The molecule has 0 saturated carbocycles. The van der Waals surface area contributed by atoms with E-state index in [0.717, 1.165) is 12.1 Å². The van der Waals surface area contributed by atoms with E-state index in [1.807, 2.05) is 12.1 Å². The van der Waals surface area contributed by atoms with Crippen molar-refractivity contribution in [2.24, 2.45) is 0 Å². The van der Waals surface area contributed by atoms with Crippen LogP contribution in [0, 0.1) is 0 Å². The molecule has 0 bridgehead atoms. The fourth-order valence-electron chi connectivity index (χ4n) is 2.55. The van der Waals surface area contributed by atoms with Gasteiger partial charge in [-0.1, -0.05) is 25.5 Å². The van der Waals surface area contributed by atoms with Crippen molar-refractivity contribution < 1.29 is 4.79 Å². The third kappa shape index (κ3) is 3.08. The summed E-state index contributed by atoms with van der Waals surface area (Å²) in [5.41, 5.74) is 3.08. The largest absolute Gasteiger partial charge is 0.310 e. The zero-order valence-corrected chi connectivity index (χ0v) is 13.4. The highest BCUT2D eigenvalue weighted by molar-refractivity contribution is 6.07. The van der Waals surface area contributed by atoms with Gasteiger partial charge in [-0.05, 0) is 30.5 Å². The van der Waals surface area contributed by atoms with Crippen LogP contribution in [0.1, 0.15) is 35.8 Å². The molecule has 3 rings (SSSR count). The molecular formula is C18H20N4O. The first kappa shape index (κ1) is 15.2. The average molecular weight is 308 g/mol. The predicted octanol–water partition coefficient (Wildman–Crippen LogP) is 3.35. The number of amides is 1. The topological polar surface area (TPSA) is 50.5 Å². The number of aryl methyl sites for hydroxylation is 1. The lowest BCUT2D eigenvalue weighted by Gasteiger charge is -2.17. The number of anilines is 1. The minimum atomic E-state index is -0.164. The van der Waals surface area contributed by atoms with Gasteiger partial charge >= 0.3 is 0 Å². The number of hydrogen-bond donors (Lipinski definition) is 0. The summed E-state index contributed by atoms with van der Waals surface area (Å²) in [6.45, 7) is 2.18. The summed E-state index contributed by atoms with van der Waals surface area (Å²) in [6.07, 6.45) is 10.3. The van der Waals surface area contributed by atoms with Crippen molar-refractivity contribution in [1.82, 2.24) is 14.4 Å². The van der Waals surface area contributed by atoms with Crippen molar-refractivity contribution in [3.63, 3.8) is 0 Å². The Kier molecular flexibility index (Phi) is 4.37. The Morgan fingerprint density at radius 2 is 1.83 bits per heavy atom. The third-order valence-electron chi connectivity index (χ3n) is 3.96. The second-order valence-corrected chi connectivity index (χ2v) is 5.57. The molecule has 3 aromatic rings. The first-order valence-corrected chi connectivity index (χ1v) is 7.85. The molecule has 118 valence electrons. The Labute approximate surface area is 135 Å². The van der Waals surface area contributed by atoms with Crippen molar-refractivity contribution in [2.75, 3.05) is 11.9 Å². The molecule has 0 fully saturated rings. The van der Waals surface area contributed by atoms with E-state index < -0.39 is 0 Å². The highest BCUT2D eigenvalue weighted by atomic mass is 16.2. The third-order valence-corrected chi connectivity index (χ3v) is 3.96. The van der Waals surface area contributed by atoms with Gasteiger partial charge in [0.2, 0.25) is 0 Å². The molecule has 0 aliphatic carbocycles. The first-order valence-electron chi connectivity index (χ1n) is 7.85. The van der Waals surface area contributed by atoms with E-state index in [9.17, 15) is 4.79 Å². The molecule has 0 radical (unpaired) electrons. The summed E-state index contributed by atoms with van der Waals surface area (Å²) in [4.78, 5) is 22.8. The Morgan fingerprint density at radius 1 is 1.13 bits per heavy atom. The number of fused-ring (bicyclic) bond motifs is 1. The van der Waals surface area contributed by atoms with Crippen LogP contribution in [0.2, 0.25) is 0 Å². The minimum Gasteiger partial charge on any atom is -0.310 e. The van der Waals surface area contributed by atoms with Gasteiger partial charge < -0.3 is 9.30 Å². The quantitative estimate of drug-likeness (QED) is 0.726. The molecule has 1 amide bonds. The Balaban J connectivity index is 1.83. The second-order valence-electron chi connectivity index (χ2n) is 5.57. The van der Waals surface area contributed by atoms with E-state index in [-0.39, 0.29) is 5.91 Å². The molecule has 2 aromatic heterocycles. The SMILES string of the molecule is CCCCc1ccc(N(C)C(=O)c2nccn3ccnc23)cc1. The molecule has 5 heteroatoms. The zero-order chi connectivity index (χ0) is 16.2. The van der Waals surface area contributed by atoms with Crippen LogP contribution in [0.3, 0.4) is 0 Å². The summed E-state index contributed by atoms with van der Waals surface area (Å²) in [5.74, 6) is -0.164. The van der Waals surface area contributed by atoms with Gasteiger partial charge in [0.1, 0.15) is 0 Å². The smallest absolute Gasteiger partial charge is 0.280 e. The van der Waals surface area contributed by atoms with E-state index in [1.165, 1.54) is 18.4 Å². The van der Waals surface area contributed by atoms with Crippen LogP contribution in [0.5, 0.6) is 0 Å². The Morgan fingerprint density at radius 3 is 2.52 bits per heavy atom. The van der Waals surface area contributed by atoms with Gasteiger partial charge in [0.05, 0.1) is 0 Å². The van der Waals surface area contributed by atoms with Crippen LogP contribution in [0.15, 0.2) is 49.1 Å². The van der Waals surface area contributed by atoms with Crippen LogP contribution >= 0.6 is 0 Å². The van der Waals surface area contributed by atoms with E-state index in [0.29, 0.717) is 11.3 Å². The van der Waals surface area contributed by atoms with Crippen LogP contribution in [0.4, 0.5) is 5.69 Å². The monoisotopic (exact) mass is 308 g/mol. The molecule has 0 aliphatic heterocycles. The molecule has 0 spiro atoms. The molecule has 0 aliphatic rings. The average Bonchev–Trinajstić information content (AvgIpc) is 3.08. The number of unbranched alkanes of at least 4 members (excludes halogenated alkanes) is 1. The van der Waals surface area contributed by atoms with Crippen molar-refractivity contribution in [1.29, 1.82) is 0 Å². The van der Waals surface area contributed by atoms with Gasteiger partial charge in [0.15, 0.2) is 11.3 Å². The number of aromatic nitrogens is 3. The van der Waals surface area contributed by atoms with E-state index in [1.54, 1.807) is 41.1 Å². The number of rotatable bonds is 5. The maximum absolute atomic E-state index is 12.7. The highest BCUT2D eigenvalue weighted by Gasteiger charge is 2.18. The number of hydrogen-bond acceptors (Lipinski definition) is 3.